The standard InChI is InChI=1S/C18H17F3N2O4/c1-3-25-17(24)14-10(2)27-16(23)13(8-22)15(14)11-5-4-6-12(7-11)26-9-18(19,20)21/h4-7,15H,3,9,23H2,1-2H3. The number of alkyl halides is 3. The molecule has 0 amide bonds. The lowest BCUT2D eigenvalue weighted by molar-refractivity contribution is -0.153. The predicted octanol–water partition coefficient (Wildman–Crippen LogP) is 3.27. The fourth-order valence-electron chi connectivity index (χ4n) is 2.64. The second kappa shape index (κ2) is 8.03. The summed E-state index contributed by atoms with van der Waals surface area (Å²) in [5.41, 5.74) is 6.12. The minimum Gasteiger partial charge on any atom is -0.484 e. The number of esters is 1. The highest BCUT2D eigenvalue weighted by Crippen LogP contribution is 2.40. The van der Waals surface area contributed by atoms with E-state index < -0.39 is 24.7 Å². The van der Waals surface area contributed by atoms with E-state index in [9.17, 15) is 23.2 Å². The maximum Gasteiger partial charge on any atom is 0.422 e. The van der Waals surface area contributed by atoms with Gasteiger partial charge in [-0.2, -0.15) is 18.4 Å². The molecule has 1 aliphatic heterocycles. The van der Waals surface area contributed by atoms with Gasteiger partial charge in [0.25, 0.3) is 0 Å². The number of nitrogens with two attached hydrogens (primary N) is 1. The Morgan fingerprint density at radius 3 is 2.70 bits per heavy atom. The Morgan fingerprint density at radius 1 is 1.41 bits per heavy atom. The van der Waals surface area contributed by atoms with Crippen molar-refractivity contribution in [3.05, 3.63) is 52.6 Å². The number of allylic oxidation sites excluding steroid dienone is 2. The molecular weight excluding hydrogens is 365 g/mol. The van der Waals surface area contributed by atoms with Crippen LogP contribution in [0.3, 0.4) is 0 Å². The Labute approximate surface area is 153 Å². The molecule has 0 bridgehead atoms. The van der Waals surface area contributed by atoms with Crippen molar-refractivity contribution in [1.29, 1.82) is 5.26 Å². The van der Waals surface area contributed by atoms with Crippen molar-refractivity contribution in [2.75, 3.05) is 13.2 Å². The van der Waals surface area contributed by atoms with Gasteiger partial charge in [0.2, 0.25) is 5.88 Å². The van der Waals surface area contributed by atoms with Crippen LogP contribution in [0.4, 0.5) is 13.2 Å². The van der Waals surface area contributed by atoms with Crippen LogP contribution in [0.25, 0.3) is 0 Å². The molecule has 0 aliphatic carbocycles. The van der Waals surface area contributed by atoms with Gasteiger partial charge in [-0.05, 0) is 31.5 Å². The topological polar surface area (TPSA) is 94.6 Å². The molecule has 6 nitrogen and oxygen atoms in total. The molecule has 27 heavy (non-hydrogen) atoms. The molecule has 0 radical (unpaired) electrons. The number of hydrogen-bond acceptors (Lipinski definition) is 6. The molecule has 0 saturated heterocycles. The molecule has 0 spiro atoms. The van der Waals surface area contributed by atoms with Crippen molar-refractivity contribution in [2.45, 2.75) is 25.9 Å². The van der Waals surface area contributed by atoms with E-state index in [0.29, 0.717) is 5.56 Å². The molecule has 2 rings (SSSR count). The summed E-state index contributed by atoms with van der Waals surface area (Å²) in [7, 11) is 0. The molecule has 1 aliphatic rings. The van der Waals surface area contributed by atoms with E-state index in [1.807, 2.05) is 6.07 Å². The third-order valence-electron chi connectivity index (χ3n) is 3.69. The van der Waals surface area contributed by atoms with Gasteiger partial charge in [-0.15, -0.1) is 0 Å². The SMILES string of the molecule is CCOC(=O)C1=C(C)OC(N)=C(C#N)C1c1cccc(OCC(F)(F)F)c1. The first-order valence-corrected chi connectivity index (χ1v) is 7.93. The van der Waals surface area contributed by atoms with Crippen LogP contribution in [-0.2, 0) is 14.3 Å². The van der Waals surface area contributed by atoms with Gasteiger partial charge in [0, 0.05) is 0 Å². The lowest BCUT2D eigenvalue weighted by atomic mass is 9.83. The highest BCUT2D eigenvalue weighted by molar-refractivity contribution is 5.92. The van der Waals surface area contributed by atoms with Crippen molar-refractivity contribution in [2.24, 2.45) is 5.73 Å². The van der Waals surface area contributed by atoms with Crippen LogP contribution in [0.2, 0.25) is 0 Å². The Morgan fingerprint density at radius 2 is 2.11 bits per heavy atom. The summed E-state index contributed by atoms with van der Waals surface area (Å²) in [6.07, 6.45) is -4.50. The molecule has 1 aromatic carbocycles. The van der Waals surface area contributed by atoms with Gasteiger partial charge in [0.05, 0.1) is 18.1 Å². The first-order chi connectivity index (χ1) is 12.7. The average molecular weight is 382 g/mol. The zero-order valence-corrected chi connectivity index (χ0v) is 14.6. The average Bonchev–Trinajstić information content (AvgIpc) is 2.59. The lowest BCUT2D eigenvalue weighted by Gasteiger charge is -2.27. The minimum atomic E-state index is -4.50. The van der Waals surface area contributed by atoms with E-state index in [2.05, 4.69) is 0 Å². The van der Waals surface area contributed by atoms with Crippen molar-refractivity contribution in [1.82, 2.24) is 0 Å². The Kier molecular flexibility index (Phi) is 6.00. The first-order valence-electron chi connectivity index (χ1n) is 7.93. The van der Waals surface area contributed by atoms with Crippen LogP contribution in [-0.4, -0.2) is 25.4 Å². The van der Waals surface area contributed by atoms with Gasteiger partial charge < -0.3 is 19.9 Å². The zero-order valence-electron chi connectivity index (χ0n) is 14.6. The summed E-state index contributed by atoms with van der Waals surface area (Å²) < 4.78 is 52.2. The predicted molar refractivity (Wildman–Crippen MR) is 88.0 cm³/mol. The normalized spacial score (nSPS) is 17.3. The molecule has 1 unspecified atom stereocenters. The van der Waals surface area contributed by atoms with E-state index in [1.54, 1.807) is 13.0 Å². The minimum absolute atomic E-state index is 0.0448. The van der Waals surface area contributed by atoms with E-state index in [4.69, 9.17) is 19.9 Å². The quantitative estimate of drug-likeness (QED) is 0.786. The summed E-state index contributed by atoms with van der Waals surface area (Å²) in [6, 6.07) is 7.56. The second-order valence-electron chi connectivity index (χ2n) is 5.59. The lowest BCUT2D eigenvalue weighted by Crippen LogP contribution is -2.25. The fraction of sp³-hybridized carbons (Fsp3) is 0.333. The third kappa shape index (κ3) is 4.73. The number of halogens is 3. The molecule has 9 heteroatoms. The molecule has 0 saturated carbocycles. The maximum atomic E-state index is 12.4. The van der Waals surface area contributed by atoms with Crippen LogP contribution in [0.1, 0.15) is 25.3 Å². The number of nitriles is 1. The van der Waals surface area contributed by atoms with E-state index >= 15 is 0 Å². The van der Waals surface area contributed by atoms with Gasteiger partial charge in [0.1, 0.15) is 23.2 Å². The Balaban J connectivity index is 2.49. The fourth-order valence-corrected chi connectivity index (χ4v) is 2.64. The molecule has 1 atom stereocenters. The van der Waals surface area contributed by atoms with Gasteiger partial charge in [-0.25, -0.2) is 4.79 Å². The van der Waals surface area contributed by atoms with Crippen LogP contribution in [0, 0.1) is 11.3 Å². The highest BCUT2D eigenvalue weighted by Gasteiger charge is 2.36. The van der Waals surface area contributed by atoms with Gasteiger partial charge in [0.15, 0.2) is 6.61 Å². The summed E-state index contributed by atoms with van der Waals surface area (Å²) in [5.74, 6) is -1.75. The summed E-state index contributed by atoms with van der Waals surface area (Å²) >= 11 is 0. The number of ether oxygens (including phenoxy) is 3. The van der Waals surface area contributed by atoms with Gasteiger partial charge in [-0.3, -0.25) is 0 Å². The van der Waals surface area contributed by atoms with Crippen LogP contribution in [0.5, 0.6) is 5.75 Å². The summed E-state index contributed by atoms with van der Waals surface area (Å²) in [6.45, 7) is 1.74. The zero-order chi connectivity index (χ0) is 20.2. The number of nitrogens with zero attached hydrogens (tertiary/aromatic N) is 1. The Hall–Kier alpha value is -3.15. The Bertz CT molecular complexity index is 838. The van der Waals surface area contributed by atoms with Gasteiger partial charge in [-0.1, -0.05) is 12.1 Å². The van der Waals surface area contributed by atoms with Crippen molar-refractivity contribution >= 4 is 5.97 Å². The van der Waals surface area contributed by atoms with Crippen molar-refractivity contribution in [3.8, 4) is 11.8 Å². The summed E-state index contributed by atoms with van der Waals surface area (Å²) in [5, 5.41) is 9.47. The molecular formula is C18H17F3N2O4. The number of hydrogen-bond donors (Lipinski definition) is 1. The van der Waals surface area contributed by atoms with Gasteiger partial charge >= 0.3 is 12.1 Å². The molecule has 144 valence electrons. The van der Waals surface area contributed by atoms with Crippen LogP contribution in [0.15, 0.2) is 47.1 Å². The number of carbonyl (C=O) groups excluding carboxylic acids is 1. The van der Waals surface area contributed by atoms with Crippen LogP contribution < -0.4 is 10.5 Å². The molecule has 2 N–H and O–H groups in total. The molecule has 0 aromatic heterocycles. The van der Waals surface area contributed by atoms with Crippen molar-refractivity contribution in [3.63, 3.8) is 0 Å². The first kappa shape index (κ1) is 20.2. The van der Waals surface area contributed by atoms with E-state index in [1.165, 1.54) is 25.1 Å². The van der Waals surface area contributed by atoms with E-state index in [0.717, 1.165) is 0 Å². The van der Waals surface area contributed by atoms with E-state index in [-0.39, 0.29) is 35.1 Å². The highest BCUT2D eigenvalue weighted by atomic mass is 19.4. The number of rotatable bonds is 5. The second-order valence-corrected chi connectivity index (χ2v) is 5.59. The number of carbonyl (C=O) groups is 1. The largest absolute Gasteiger partial charge is 0.484 e. The van der Waals surface area contributed by atoms with Crippen molar-refractivity contribution < 1.29 is 32.2 Å². The molecule has 0 fully saturated rings. The molecule has 1 aromatic rings. The monoisotopic (exact) mass is 382 g/mol. The molecule has 1 heterocycles. The third-order valence-corrected chi connectivity index (χ3v) is 3.69. The number of benzene rings is 1. The van der Waals surface area contributed by atoms with Crippen LogP contribution >= 0.6 is 0 Å². The summed E-state index contributed by atoms with van der Waals surface area (Å²) in [4.78, 5) is 12.4. The smallest absolute Gasteiger partial charge is 0.422 e. The maximum absolute atomic E-state index is 12.4.